The van der Waals surface area contributed by atoms with E-state index in [2.05, 4.69) is 0 Å². The van der Waals surface area contributed by atoms with Crippen molar-refractivity contribution in [1.29, 1.82) is 5.26 Å². The highest BCUT2D eigenvalue weighted by Crippen LogP contribution is 2.53. The van der Waals surface area contributed by atoms with Crippen LogP contribution in [-0.4, -0.2) is 13.7 Å². The number of nitrogens with zero attached hydrogens (tertiary/aromatic N) is 1. The van der Waals surface area contributed by atoms with Crippen LogP contribution in [0.15, 0.2) is 53.4 Å². The molecule has 1 fully saturated rings. The van der Waals surface area contributed by atoms with Crippen LogP contribution in [0.3, 0.4) is 0 Å². The minimum absolute atomic E-state index is 0.145. The van der Waals surface area contributed by atoms with E-state index in [1.807, 2.05) is 6.07 Å². The molecule has 0 bridgehead atoms. The van der Waals surface area contributed by atoms with E-state index in [9.17, 15) is 18.1 Å². The van der Waals surface area contributed by atoms with Crippen molar-refractivity contribution in [3.8, 4) is 6.07 Å². The maximum atomic E-state index is 13.0. The molecule has 2 aromatic rings. The number of halogens is 2. The van der Waals surface area contributed by atoms with Crippen molar-refractivity contribution in [2.45, 2.75) is 16.1 Å². The molecule has 112 valence electrons. The van der Waals surface area contributed by atoms with E-state index in [0.717, 1.165) is 0 Å². The smallest absolute Gasteiger partial charge is 0.183 e. The molecule has 0 spiro atoms. The van der Waals surface area contributed by atoms with Gasteiger partial charge in [0.15, 0.2) is 9.84 Å². The maximum Gasteiger partial charge on any atom is 0.183 e. The summed E-state index contributed by atoms with van der Waals surface area (Å²) in [5.74, 6) is -1.44. The number of rotatable bonds is 3. The van der Waals surface area contributed by atoms with E-state index in [4.69, 9.17) is 11.6 Å². The highest BCUT2D eigenvalue weighted by atomic mass is 35.5. The average molecular weight is 336 g/mol. The first-order valence-corrected chi connectivity index (χ1v) is 8.52. The minimum atomic E-state index is -3.63. The Bertz CT molecular complexity index is 841. The van der Waals surface area contributed by atoms with Gasteiger partial charge in [-0.2, -0.15) is 5.26 Å². The molecule has 0 unspecified atom stereocenters. The lowest BCUT2D eigenvalue weighted by molar-refractivity contribution is 0.593. The number of nitriles is 1. The maximum absolute atomic E-state index is 13.0. The molecule has 0 heterocycles. The van der Waals surface area contributed by atoms with Crippen LogP contribution < -0.4 is 0 Å². The van der Waals surface area contributed by atoms with Crippen molar-refractivity contribution in [3.63, 3.8) is 0 Å². The molecule has 0 N–H and O–H groups in total. The second kappa shape index (κ2) is 5.38. The Labute approximate surface area is 132 Å². The summed E-state index contributed by atoms with van der Waals surface area (Å²) in [6.07, 6.45) is 0. The van der Waals surface area contributed by atoms with E-state index in [0.29, 0.717) is 10.6 Å². The van der Waals surface area contributed by atoms with Gasteiger partial charge >= 0.3 is 0 Å². The van der Waals surface area contributed by atoms with Crippen molar-refractivity contribution in [1.82, 2.24) is 0 Å². The van der Waals surface area contributed by atoms with Crippen molar-refractivity contribution in [2.24, 2.45) is 5.92 Å². The normalized spacial score (nSPS) is 23.8. The molecule has 0 saturated heterocycles. The summed E-state index contributed by atoms with van der Waals surface area (Å²) in [5, 5.41) is 8.85. The Morgan fingerprint density at radius 3 is 2.18 bits per heavy atom. The summed E-state index contributed by atoms with van der Waals surface area (Å²) in [6.45, 7) is 0. The van der Waals surface area contributed by atoms with Gasteiger partial charge in [-0.3, -0.25) is 0 Å². The first kappa shape index (κ1) is 15.0. The quantitative estimate of drug-likeness (QED) is 0.861. The summed E-state index contributed by atoms with van der Waals surface area (Å²) < 4.78 is 38.3. The van der Waals surface area contributed by atoms with Crippen LogP contribution in [0.2, 0.25) is 5.02 Å². The average Bonchev–Trinajstić information content (AvgIpc) is 3.24. The Balaban J connectivity index is 1.95. The third-order valence-electron chi connectivity index (χ3n) is 3.86. The molecule has 6 heteroatoms. The highest BCUT2D eigenvalue weighted by molar-refractivity contribution is 7.92. The lowest BCUT2D eigenvalue weighted by Crippen LogP contribution is -2.10. The van der Waals surface area contributed by atoms with Crippen LogP contribution in [0, 0.1) is 23.1 Å². The molecule has 22 heavy (non-hydrogen) atoms. The van der Waals surface area contributed by atoms with Gasteiger partial charge in [-0.1, -0.05) is 23.7 Å². The van der Waals surface area contributed by atoms with Crippen LogP contribution in [-0.2, 0) is 9.84 Å². The van der Waals surface area contributed by atoms with E-state index >= 15 is 0 Å². The van der Waals surface area contributed by atoms with Gasteiger partial charge in [-0.15, -0.1) is 0 Å². The third kappa shape index (κ3) is 2.49. The molecule has 1 saturated carbocycles. The van der Waals surface area contributed by atoms with Crippen molar-refractivity contribution >= 4 is 21.4 Å². The zero-order valence-electron chi connectivity index (χ0n) is 11.3. The van der Waals surface area contributed by atoms with E-state index in [-0.39, 0.29) is 4.90 Å². The Morgan fingerprint density at radius 2 is 1.64 bits per heavy atom. The Hall–Kier alpha value is -1.90. The molecular weight excluding hydrogens is 325 g/mol. The molecule has 0 aliphatic heterocycles. The van der Waals surface area contributed by atoms with Crippen LogP contribution in [0.4, 0.5) is 4.39 Å². The zero-order valence-corrected chi connectivity index (χ0v) is 12.9. The highest BCUT2D eigenvalue weighted by Gasteiger charge is 2.59. The predicted octanol–water partition coefficient (Wildman–Crippen LogP) is 3.56. The standard InChI is InChI=1S/C16H11ClFNO2S/c17-11-3-7-13(8-4-11)22(20,21)16-14(9-19)15(16)10-1-5-12(18)6-2-10/h1-8,14-16H/t14-,15-,16-/m1/s1. The van der Waals surface area contributed by atoms with Crippen molar-refractivity contribution < 1.29 is 12.8 Å². The van der Waals surface area contributed by atoms with E-state index in [1.54, 1.807) is 0 Å². The fourth-order valence-corrected chi connectivity index (χ4v) is 4.88. The summed E-state index contributed by atoms with van der Waals surface area (Å²) in [4.78, 5) is 0.145. The van der Waals surface area contributed by atoms with Gasteiger partial charge in [-0.05, 0) is 42.0 Å². The summed E-state index contributed by atoms with van der Waals surface area (Å²) in [7, 11) is -3.63. The Morgan fingerprint density at radius 1 is 1.05 bits per heavy atom. The first-order valence-electron chi connectivity index (χ1n) is 6.59. The van der Waals surface area contributed by atoms with Gasteiger partial charge < -0.3 is 0 Å². The van der Waals surface area contributed by atoms with Crippen LogP contribution in [0.5, 0.6) is 0 Å². The minimum Gasteiger partial charge on any atom is -0.223 e. The number of hydrogen-bond acceptors (Lipinski definition) is 3. The van der Waals surface area contributed by atoms with Crippen molar-refractivity contribution in [2.75, 3.05) is 0 Å². The molecule has 3 nitrogen and oxygen atoms in total. The molecule has 0 aromatic heterocycles. The lowest BCUT2D eigenvalue weighted by atomic mass is 10.1. The van der Waals surface area contributed by atoms with Gasteiger partial charge in [0.2, 0.25) is 0 Å². The molecule has 1 aliphatic carbocycles. The van der Waals surface area contributed by atoms with Crippen LogP contribution >= 0.6 is 11.6 Å². The number of sulfone groups is 1. The summed E-state index contributed by atoms with van der Waals surface area (Å²) >= 11 is 5.77. The van der Waals surface area contributed by atoms with E-state index in [1.165, 1.54) is 48.5 Å². The van der Waals surface area contributed by atoms with Gasteiger partial charge in [0, 0.05) is 10.9 Å². The lowest BCUT2D eigenvalue weighted by Gasteiger charge is -2.04. The molecule has 1 aliphatic rings. The zero-order chi connectivity index (χ0) is 15.9. The fourth-order valence-electron chi connectivity index (χ4n) is 2.69. The van der Waals surface area contributed by atoms with Gasteiger partial charge in [0.25, 0.3) is 0 Å². The predicted molar refractivity (Wildman–Crippen MR) is 80.7 cm³/mol. The van der Waals surface area contributed by atoms with Crippen molar-refractivity contribution in [3.05, 3.63) is 64.9 Å². The molecule has 3 rings (SSSR count). The summed E-state index contributed by atoms with van der Waals surface area (Å²) in [6, 6.07) is 13.5. The van der Waals surface area contributed by atoms with Gasteiger partial charge in [0.1, 0.15) is 5.82 Å². The third-order valence-corrected chi connectivity index (χ3v) is 6.34. The topological polar surface area (TPSA) is 57.9 Å². The summed E-state index contributed by atoms with van der Waals surface area (Å²) in [5.41, 5.74) is 0.662. The second-order valence-electron chi connectivity index (χ2n) is 5.20. The largest absolute Gasteiger partial charge is 0.223 e. The molecular formula is C16H11ClFNO2S. The first-order chi connectivity index (χ1) is 10.4. The Kier molecular flexibility index (Phi) is 3.67. The molecule has 2 aromatic carbocycles. The molecule has 0 radical (unpaired) electrons. The van der Waals surface area contributed by atoms with E-state index < -0.39 is 32.7 Å². The molecule has 0 amide bonds. The number of hydrogen-bond donors (Lipinski definition) is 0. The van der Waals surface area contributed by atoms with Crippen LogP contribution in [0.1, 0.15) is 11.5 Å². The van der Waals surface area contributed by atoms with Gasteiger partial charge in [0.05, 0.1) is 22.1 Å². The SMILES string of the molecule is N#C[C@@H]1[C@@H](c2ccc(F)cc2)[C@@H]1S(=O)(=O)c1ccc(Cl)cc1. The number of benzene rings is 2. The molecule has 3 atom stereocenters. The second-order valence-corrected chi connectivity index (χ2v) is 7.74. The fraction of sp³-hybridized carbons (Fsp3) is 0.188. The van der Waals surface area contributed by atoms with Gasteiger partial charge in [-0.25, -0.2) is 12.8 Å². The monoisotopic (exact) mass is 335 g/mol. The van der Waals surface area contributed by atoms with Crippen LogP contribution in [0.25, 0.3) is 0 Å².